The Kier molecular flexibility index (Phi) is 3.87. The molecule has 3 nitrogen and oxygen atoms in total. The summed E-state index contributed by atoms with van der Waals surface area (Å²) >= 11 is 0. The van der Waals surface area contributed by atoms with Gasteiger partial charge in [-0.25, -0.2) is 0 Å². The van der Waals surface area contributed by atoms with E-state index in [9.17, 15) is 0 Å². The Morgan fingerprint density at radius 3 is 2.05 bits per heavy atom. The summed E-state index contributed by atoms with van der Waals surface area (Å²) in [5.41, 5.74) is 10.0. The number of nitrogens with two attached hydrogens (primary N) is 1. The number of hydrogen-bond donors (Lipinski definition) is 1. The van der Waals surface area contributed by atoms with E-state index in [1.54, 1.807) is 4.68 Å². The molecule has 0 aliphatic heterocycles. The van der Waals surface area contributed by atoms with Gasteiger partial charge in [-0.2, -0.15) is 5.10 Å². The second-order valence-corrected chi connectivity index (χ2v) is 7.77. The van der Waals surface area contributed by atoms with Crippen LogP contribution in [0.5, 0.6) is 0 Å². The van der Waals surface area contributed by atoms with Crippen LogP contribution in [0.25, 0.3) is 11.1 Å². The molecule has 2 N–H and O–H groups in total. The maximum absolute atomic E-state index is 6.04. The highest BCUT2D eigenvalue weighted by molar-refractivity contribution is 5.73. The van der Waals surface area contributed by atoms with Crippen molar-refractivity contribution in [3.63, 3.8) is 0 Å². The first-order valence-corrected chi connectivity index (χ1v) is 7.48. The first-order chi connectivity index (χ1) is 9.60. The quantitative estimate of drug-likeness (QED) is 0.909. The van der Waals surface area contributed by atoms with Crippen molar-refractivity contribution in [1.82, 2.24) is 9.78 Å². The van der Waals surface area contributed by atoms with Gasteiger partial charge in [-0.15, -0.1) is 0 Å². The number of rotatable bonds is 3. The Morgan fingerprint density at radius 1 is 1.05 bits per heavy atom. The summed E-state index contributed by atoms with van der Waals surface area (Å²) in [5, 5.41) is 4.20. The van der Waals surface area contributed by atoms with Crippen molar-refractivity contribution in [3.8, 4) is 11.1 Å². The summed E-state index contributed by atoms with van der Waals surface area (Å²) in [4.78, 5) is 0. The molecule has 0 bridgehead atoms. The van der Waals surface area contributed by atoms with Crippen LogP contribution in [0.1, 0.15) is 46.6 Å². The maximum atomic E-state index is 6.04. The molecule has 2 aromatic rings. The summed E-state index contributed by atoms with van der Waals surface area (Å²) in [7, 11) is 1.86. The molecular weight excluding hydrogens is 258 g/mol. The molecule has 0 fully saturated rings. The van der Waals surface area contributed by atoms with Gasteiger partial charge in [-0.05, 0) is 28.4 Å². The van der Waals surface area contributed by atoms with Gasteiger partial charge in [0.25, 0.3) is 0 Å². The Balaban J connectivity index is 2.29. The topological polar surface area (TPSA) is 43.8 Å². The fourth-order valence-electron chi connectivity index (χ4n) is 3.20. The maximum Gasteiger partial charge on any atom is 0.129 e. The highest BCUT2D eigenvalue weighted by atomic mass is 15.3. The molecule has 0 atom stereocenters. The van der Waals surface area contributed by atoms with Crippen LogP contribution in [0.15, 0.2) is 30.5 Å². The van der Waals surface area contributed by atoms with E-state index in [0.717, 1.165) is 17.5 Å². The van der Waals surface area contributed by atoms with E-state index in [0.29, 0.717) is 11.2 Å². The van der Waals surface area contributed by atoms with Crippen molar-refractivity contribution in [1.29, 1.82) is 0 Å². The molecule has 1 aromatic carbocycles. The molecule has 0 radical (unpaired) electrons. The van der Waals surface area contributed by atoms with Gasteiger partial charge in [0.15, 0.2) is 0 Å². The zero-order valence-corrected chi connectivity index (χ0v) is 14.1. The van der Waals surface area contributed by atoms with Gasteiger partial charge in [0.05, 0.1) is 6.20 Å². The van der Waals surface area contributed by atoms with E-state index in [1.165, 1.54) is 5.56 Å². The lowest BCUT2D eigenvalue weighted by atomic mass is 9.72. The molecular formula is C18H27N3. The molecule has 114 valence electrons. The van der Waals surface area contributed by atoms with Gasteiger partial charge in [0.1, 0.15) is 5.82 Å². The number of nitrogen functional groups attached to an aromatic ring is 1. The van der Waals surface area contributed by atoms with E-state index in [1.807, 2.05) is 13.2 Å². The molecule has 0 saturated heterocycles. The SMILES string of the molecule is Cn1ncc(-c2ccc(C(C)(C)CC(C)(C)C)cc2)c1N. The minimum atomic E-state index is 0.164. The molecule has 0 amide bonds. The standard InChI is InChI=1S/C18H27N3/c1-17(2,3)12-18(4,5)14-9-7-13(8-10-14)15-11-20-21(6)16(15)19/h7-11H,12,19H2,1-6H3. The van der Waals surface area contributed by atoms with E-state index < -0.39 is 0 Å². The fourth-order valence-corrected chi connectivity index (χ4v) is 3.20. The minimum Gasteiger partial charge on any atom is -0.383 e. The molecule has 0 spiro atoms. The summed E-state index contributed by atoms with van der Waals surface area (Å²) in [6.07, 6.45) is 2.97. The van der Waals surface area contributed by atoms with Crippen molar-refractivity contribution in [2.45, 2.75) is 46.5 Å². The molecule has 1 heterocycles. The predicted octanol–water partition coefficient (Wildman–Crippen LogP) is 4.38. The minimum absolute atomic E-state index is 0.164. The number of aromatic nitrogens is 2. The van der Waals surface area contributed by atoms with Crippen molar-refractivity contribution >= 4 is 5.82 Å². The van der Waals surface area contributed by atoms with E-state index in [4.69, 9.17) is 5.73 Å². The molecule has 0 aliphatic rings. The second kappa shape index (κ2) is 5.21. The average molecular weight is 285 g/mol. The van der Waals surface area contributed by atoms with Crippen molar-refractivity contribution in [2.75, 3.05) is 5.73 Å². The Morgan fingerprint density at radius 2 is 1.62 bits per heavy atom. The van der Waals surface area contributed by atoms with E-state index in [2.05, 4.69) is 64.0 Å². The molecule has 0 saturated carbocycles. The Hall–Kier alpha value is -1.77. The van der Waals surface area contributed by atoms with Crippen LogP contribution in [-0.2, 0) is 12.5 Å². The van der Waals surface area contributed by atoms with Crippen molar-refractivity contribution in [3.05, 3.63) is 36.0 Å². The first-order valence-electron chi connectivity index (χ1n) is 7.48. The lowest BCUT2D eigenvalue weighted by molar-refractivity contribution is 0.284. The van der Waals surface area contributed by atoms with E-state index in [-0.39, 0.29) is 5.41 Å². The first kappa shape index (κ1) is 15.6. The Labute approximate surface area is 128 Å². The van der Waals surface area contributed by atoms with Gasteiger partial charge in [0, 0.05) is 12.6 Å². The van der Waals surface area contributed by atoms with Gasteiger partial charge >= 0.3 is 0 Å². The van der Waals surface area contributed by atoms with Crippen LogP contribution in [0, 0.1) is 5.41 Å². The van der Waals surface area contributed by atoms with Gasteiger partial charge < -0.3 is 5.73 Å². The summed E-state index contributed by atoms with van der Waals surface area (Å²) in [5.74, 6) is 0.705. The number of hydrogen-bond acceptors (Lipinski definition) is 2. The highest BCUT2D eigenvalue weighted by Crippen LogP contribution is 2.37. The third-order valence-electron chi connectivity index (χ3n) is 3.93. The average Bonchev–Trinajstić information content (AvgIpc) is 2.67. The third-order valence-corrected chi connectivity index (χ3v) is 3.93. The smallest absolute Gasteiger partial charge is 0.129 e. The predicted molar refractivity (Wildman–Crippen MR) is 90.2 cm³/mol. The molecule has 21 heavy (non-hydrogen) atoms. The van der Waals surface area contributed by atoms with E-state index >= 15 is 0 Å². The van der Waals surface area contributed by atoms with Crippen LogP contribution in [-0.4, -0.2) is 9.78 Å². The van der Waals surface area contributed by atoms with Crippen LogP contribution in [0.2, 0.25) is 0 Å². The molecule has 2 rings (SSSR count). The van der Waals surface area contributed by atoms with Crippen LogP contribution >= 0.6 is 0 Å². The summed E-state index contributed by atoms with van der Waals surface area (Å²) in [6.45, 7) is 11.5. The molecule has 0 unspecified atom stereocenters. The number of nitrogens with zero attached hydrogens (tertiary/aromatic N) is 2. The molecule has 3 heteroatoms. The molecule has 1 aromatic heterocycles. The van der Waals surface area contributed by atoms with Crippen LogP contribution in [0.3, 0.4) is 0 Å². The normalized spacial score (nSPS) is 12.7. The summed E-state index contributed by atoms with van der Waals surface area (Å²) < 4.78 is 1.70. The fraction of sp³-hybridized carbons (Fsp3) is 0.500. The second-order valence-electron chi connectivity index (χ2n) is 7.77. The monoisotopic (exact) mass is 285 g/mol. The van der Waals surface area contributed by atoms with Crippen LogP contribution < -0.4 is 5.73 Å². The van der Waals surface area contributed by atoms with Gasteiger partial charge in [-0.3, -0.25) is 4.68 Å². The lowest BCUT2D eigenvalue weighted by Crippen LogP contribution is -2.24. The lowest BCUT2D eigenvalue weighted by Gasteiger charge is -2.33. The number of aryl methyl sites for hydroxylation is 1. The van der Waals surface area contributed by atoms with Gasteiger partial charge in [0.2, 0.25) is 0 Å². The molecule has 0 aliphatic carbocycles. The number of anilines is 1. The van der Waals surface area contributed by atoms with Gasteiger partial charge in [-0.1, -0.05) is 58.9 Å². The van der Waals surface area contributed by atoms with Crippen molar-refractivity contribution in [2.24, 2.45) is 12.5 Å². The van der Waals surface area contributed by atoms with Crippen LogP contribution in [0.4, 0.5) is 5.82 Å². The Bertz CT molecular complexity index is 613. The van der Waals surface area contributed by atoms with Crippen molar-refractivity contribution < 1.29 is 0 Å². The summed E-state index contributed by atoms with van der Waals surface area (Å²) in [6, 6.07) is 8.72. The zero-order valence-electron chi connectivity index (χ0n) is 14.1. The number of benzene rings is 1. The highest BCUT2D eigenvalue weighted by Gasteiger charge is 2.27. The third kappa shape index (κ3) is 3.46. The largest absolute Gasteiger partial charge is 0.383 e. The zero-order chi connectivity index (χ0) is 15.8.